The molecule has 2 aromatic rings. The van der Waals surface area contributed by atoms with Crippen LogP contribution in [0.3, 0.4) is 0 Å². The molecule has 1 unspecified atom stereocenters. The fraction of sp³-hybridized carbons (Fsp3) is 0.278. The maximum absolute atomic E-state index is 12.8. The van der Waals surface area contributed by atoms with Crippen molar-refractivity contribution in [1.29, 1.82) is 0 Å². The lowest BCUT2D eigenvalue weighted by molar-refractivity contribution is -0.124. The van der Waals surface area contributed by atoms with Crippen LogP contribution in [0.5, 0.6) is 0 Å². The summed E-state index contributed by atoms with van der Waals surface area (Å²) >= 11 is 1.52. The standard InChI is InChI=1S/C18H17N3O3S/c22-16(20-18-19-7-9-25-18)14-10-12-4-1-2-5-13(12)11-21(14)17(23)15-6-3-8-24-15/h1-6,8,14H,7,9-11H2,(H,19,20,22). The second kappa shape index (κ2) is 6.76. The average Bonchev–Trinajstić information content (AvgIpc) is 3.33. The highest BCUT2D eigenvalue weighted by Crippen LogP contribution is 2.25. The number of rotatable bonds is 2. The van der Waals surface area contributed by atoms with Crippen LogP contribution in [0.25, 0.3) is 0 Å². The van der Waals surface area contributed by atoms with E-state index < -0.39 is 6.04 Å². The Labute approximate surface area is 149 Å². The van der Waals surface area contributed by atoms with Gasteiger partial charge in [-0.1, -0.05) is 36.0 Å². The molecule has 1 atom stereocenters. The molecule has 25 heavy (non-hydrogen) atoms. The van der Waals surface area contributed by atoms with E-state index in [0.29, 0.717) is 24.7 Å². The Morgan fingerprint density at radius 3 is 2.76 bits per heavy atom. The van der Waals surface area contributed by atoms with Crippen LogP contribution >= 0.6 is 11.8 Å². The van der Waals surface area contributed by atoms with Gasteiger partial charge in [-0.05, 0) is 23.3 Å². The molecular weight excluding hydrogens is 338 g/mol. The maximum Gasteiger partial charge on any atom is 0.290 e. The van der Waals surface area contributed by atoms with Gasteiger partial charge in [-0.15, -0.1) is 0 Å². The van der Waals surface area contributed by atoms with Crippen molar-refractivity contribution < 1.29 is 14.0 Å². The Balaban J connectivity index is 1.63. The summed E-state index contributed by atoms with van der Waals surface area (Å²) in [6.07, 6.45) is 1.94. The van der Waals surface area contributed by atoms with Crippen LogP contribution < -0.4 is 5.32 Å². The van der Waals surface area contributed by atoms with Crippen LogP contribution in [0.4, 0.5) is 0 Å². The molecule has 0 aliphatic carbocycles. The number of aliphatic imine (C=N–C) groups is 1. The summed E-state index contributed by atoms with van der Waals surface area (Å²) < 4.78 is 5.25. The minimum Gasteiger partial charge on any atom is -0.459 e. The van der Waals surface area contributed by atoms with E-state index in [1.54, 1.807) is 17.0 Å². The Morgan fingerprint density at radius 1 is 1.20 bits per heavy atom. The van der Waals surface area contributed by atoms with E-state index in [1.165, 1.54) is 18.0 Å². The first-order valence-corrected chi connectivity index (χ1v) is 9.10. The molecule has 128 valence electrons. The van der Waals surface area contributed by atoms with Crippen LogP contribution in [0.15, 0.2) is 52.1 Å². The molecule has 2 aliphatic heterocycles. The zero-order chi connectivity index (χ0) is 17.2. The van der Waals surface area contributed by atoms with Gasteiger partial charge in [-0.3, -0.25) is 14.6 Å². The Kier molecular flexibility index (Phi) is 4.31. The largest absolute Gasteiger partial charge is 0.459 e. The third kappa shape index (κ3) is 3.19. The zero-order valence-electron chi connectivity index (χ0n) is 13.5. The summed E-state index contributed by atoms with van der Waals surface area (Å²) in [6, 6.07) is 10.6. The lowest BCUT2D eigenvalue weighted by atomic mass is 9.93. The van der Waals surface area contributed by atoms with Gasteiger partial charge in [0.2, 0.25) is 5.91 Å². The van der Waals surface area contributed by atoms with Gasteiger partial charge >= 0.3 is 0 Å². The fourth-order valence-corrected chi connectivity index (χ4v) is 3.84. The third-order valence-electron chi connectivity index (χ3n) is 4.36. The molecule has 2 aliphatic rings. The highest BCUT2D eigenvalue weighted by Gasteiger charge is 2.36. The molecule has 6 nitrogen and oxygen atoms in total. The molecule has 1 N–H and O–H groups in total. The molecule has 1 aromatic carbocycles. The summed E-state index contributed by atoms with van der Waals surface area (Å²) in [5.41, 5.74) is 2.14. The fourth-order valence-electron chi connectivity index (χ4n) is 3.11. The van der Waals surface area contributed by atoms with Crippen molar-refractivity contribution in [1.82, 2.24) is 10.2 Å². The SMILES string of the molecule is O=C(NC1=NCCS1)C1Cc2ccccc2CN1C(=O)c1ccco1. The van der Waals surface area contributed by atoms with Crippen molar-refractivity contribution in [3.63, 3.8) is 0 Å². The topological polar surface area (TPSA) is 74.9 Å². The molecule has 0 bridgehead atoms. The number of hydrogen-bond acceptors (Lipinski definition) is 5. The van der Waals surface area contributed by atoms with Crippen LogP contribution in [-0.2, 0) is 17.8 Å². The molecule has 0 saturated carbocycles. The Hall–Kier alpha value is -2.54. The van der Waals surface area contributed by atoms with E-state index >= 15 is 0 Å². The van der Waals surface area contributed by atoms with E-state index in [0.717, 1.165) is 16.9 Å². The highest BCUT2D eigenvalue weighted by molar-refractivity contribution is 8.14. The number of amides is 2. The monoisotopic (exact) mass is 355 g/mol. The summed E-state index contributed by atoms with van der Waals surface area (Å²) in [4.78, 5) is 31.5. The smallest absolute Gasteiger partial charge is 0.290 e. The molecule has 1 aromatic heterocycles. The van der Waals surface area contributed by atoms with E-state index in [1.807, 2.05) is 24.3 Å². The zero-order valence-corrected chi connectivity index (χ0v) is 14.3. The average molecular weight is 355 g/mol. The first-order chi connectivity index (χ1) is 12.2. The lowest BCUT2D eigenvalue weighted by Gasteiger charge is -2.35. The minimum absolute atomic E-state index is 0.206. The number of benzene rings is 1. The Morgan fingerprint density at radius 2 is 2.04 bits per heavy atom. The maximum atomic E-state index is 12.8. The number of nitrogens with one attached hydrogen (secondary N) is 1. The molecule has 0 fully saturated rings. The van der Waals surface area contributed by atoms with Crippen LogP contribution in [0, 0.1) is 0 Å². The summed E-state index contributed by atoms with van der Waals surface area (Å²) in [5.74, 6) is 0.631. The van der Waals surface area contributed by atoms with E-state index in [4.69, 9.17) is 4.42 Å². The van der Waals surface area contributed by atoms with Gasteiger partial charge in [0, 0.05) is 18.7 Å². The van der Waals surface area contributed by atoms with Crippen molar-refractivity contribution in [2.45, 2.75) is 19.0 Å². The quantitative estimate of drug-likeness (QED) is 0.895. The number of furan rings is 1. The number of thioether (sulfide) groups is 1. The van der Waals surface area contributed by atoms with Gasteiger partial charge in [0.05, 0.1) is 12.8 Å². The van der Waals surface area contributed by atoms with Crippen LogP contribution in [0.1, 0.15) is 21.7 Å². The molecule has 4 rings (SSSR count). The van der Waals surface area contributed by atoms with Crippen molar-refractivity contribution in [3.8, 4) is 0 Å². The van der Waals surface area contributed by atoms with Crippen molar-refractivity contribution in [2.24, 2.45) is 4.99 Å². The van der Waals surface area contributed by atoms with Gasteiger partial charge in [0.1, 0.15) is 6.04 Å². The van der Waals surface area contributed by atoms with E-state index in [2.05, 4.69) is 10.3 Å². The molecule has 0 saturated heterocycles. The second-order valence-electron chi connectivity index (χ2n) is 5.92. The number of fused-ring (bicyclic) bond motifs is 1. The van der Waals surface area contributed by atoms with Gasteiger partial charge < -0.3 is 14.6 Å². The molecule has 2 amide bonds. The van der Waals surface area contributed by atoms with Crippen LogP contribution in [-0.4, -0.2) is 40.2 Å². The summed E-state index contributed by atoms with van der Waals surface area (Å²) in [6.45, 7) is 1.09. The molecular formula is C18H17N3O3S. The molecule has 0 spiro atoms. The minimum atomic E-state index is -0.587. The first-order valence-electron chi connectivity index (χ1n) is 8.12. The van der Waals surface area contributed by atoms with Crippen LogP contribution in [0.2, 0.25) is 0 Å². The summed E-state index contributed by atoms with van der Waals surface area (Å²) in [7, 11) is 0. The number of nitrogens with zero attached hydrogens (tertiary/aromatic N) is 2. The number of hydrogen-bond donors (Lipinski definition) is 1. The number of carbonyl (C=O) groups excluding carboxylic acids is 2. The van der Waals surface area contributed by atoms with Gasteiger partial charge in [-0.2, -0.15) is 0 Å². The normalized spacial score (nSPS) is 19.3. The lowest BCUT2D eigenvalue weighted by Crippen LogP contribution is -2.53. The second-order valence-corrected chi connectivity index (χ2v) is 7.01. The van der Waals surface area contributed by atoms with E-state index in [-0.39, 0.29) is 17.6 Å². The van der Waals surface area contributed by atoms with Crippen molar-refractivity contribution >= 4 is 28.7 Å². The van der Waals surface area contributed by atoms with Gasteiger partial charge in [-0.25, -0.2) is 0 Å². The number of amidine groups is 1. The third-order valence-corrected chi connectivity index (χ3v) is 5.25. The molecule has 3 heterocycles. The van der Waals surface area contributed by atoms with E-state index in [9.17, 15) is 9.59 Å². The number of carbonyl (C=O) groups is 2. The van der Waals surface area contributed by atoms with Gasteiger partial charge in [0.15, 0.2) is 10.9 Å². The Bertz CT molecular complexity index is 832. The predicted octanol–water partition coefficient (Wildman–Crippen LogP) is 2.07. The first kappa shape index (κ1) is 16.0. The predicted molar refractivity (Wildman–Crippen MR) is 95.4 cm³/mol. The van der Waals surface area contributed by atoms with Crippen molar-refractivity contribution in [3.05, 3.63) is 59.5 Å². The van der Waals surface area contributed by atoms with Gasteiger partial charge in [0.25, 0.3) is 5.91 Å². The van der Waals surface area contributed by atoms with Crippen molar-refractivity contribution in [2.75, 3.05) is 12.3 Å². The summed E-state index contributed by atoms with van der Waals surface area (Å²) in [5, 5.41) is 3.49. The molecule has 0 radical (unpaired) electrons. The highest BCUT2D eigenvalue weighted by atomic mass is 32.2. The molecule has 7 heteroatoms.